The van der Waals surface area contributed by atoms with Gasteiger partial charge in [0.15, 0.2) is 0 Å². The standard InChI is InChI=1S/C6H8N2O2/c1-4-2-3-5(9)8(7)6(4)10/h2H,3,7H2,1H3. The van der Waals surface area contributed by atoms with Crippen molar-refractivity contribution in [2.75, 3.05) is 0 Å². The lowest BCUT2D eigenvalue weighted by molar-refractivity contribution is -0.143. The first kappa shape index (κ1) is 6.95. The summed E-state index contributed by atoms with van der Waals surface area (Å²) < 4.78 is 0. The molecule has 0 atom stereocenters. The van der Waals surface area contributed by atoms with Crippen LogP contribution in [0.15, 0.2) is 11.6 Å². The van der Waals surface area contributed by atoms with Crippen LogP contribution in [0.4, 0.5) is 0 Å². The highest BCUT2D eigenvalue weighted by Gasteiger charge is 2.22. The fourth-order valence-corrected chi connectivity index (χ4v) is 0.729. The van der Waals surface area contributed by atoms with Gasteiger partial charge >= 0.3 is 0 Å². The molecule has 1 aliphatic heterocycles. The van der Waals surface area contributed by atoms with E-state index < -0.39 is 5.91 Å². The number of hydrogen-bond donors (Lipinski definition) is 1. The topological polar surface area (TPSA) is 63.4 Å². The summed E-state index contributed by atoms with van der Waals surface area (Å²) in [6.07, 6.45) is 1.81. The summed E-state index contributed by atoms with van der Waals surface area (Å²) in [6.45, 7) is 1.63. The van der Waals surface area contributed by atoms with Crippen molar-refractivity contribution in [1.82, 2.24) is 5.01 Å². The van der Waals surface area contributed by atoms with Gasteiger partial charge in [0.2, 0.25) is 5.91 Å². The molecule has 0 radical (unpaired) electrons. The minimum absolute atomic E-state index is 0.230. The lowest BCUT2D eigenvalue weighted by atomic mass is 10.1. The van der Waals surface area contributed by atoms with Gasteiger partial charge in [-0.2, -0.15) is 0 Å². The van der Waals surface area contributed by atoms with E-state index in [1.54, 1.807) is 13.0 Å². The van der Waals surface area contributed by atoms with Crippen molar-refractivity contribution in [3.63, 3.8) is 0 Å². The maximum atomic E-state index is 10.8. The van der Waals surface area contributed by atoms with E-state index in [1.807, 2.05) is 0 Å². The zero-order valence-electron chi connectivity index (χ0n) is 5.63. The largest absolute Gasteiger partial charge is 0.273 e. The molecule has 10 heavy (non-hydrogen) atoms. The van der Waals surface area contributed by atoms with Crippen molar-refractivity contribution in [2.45, 2.75) is 13.3 Å². The van der Waals surface area contributed by atoms with E-state index in [9.17, 15) is 9.59 Å². The third kappa shape index (κ3) is 0.930. The van der Waals surface area contributed by atoms with Crippen LogP contribution in [0.25, 0.3) is 0 Å². The number of rotatable bonds is 0. The lowest BCUT2D eigenvalue weighted by Crippen LogP contribution is -2.44. The molecule has 4 nitrogen and oxygen atoms in total. The van der Waals surface area contributed by atoms with Crippen LogP contribution in [-0.4, -0.2) is 16.8 Å². The number of imide groups is 1. The summed E-state index contributed by atoms with van der Waals surface area (Å²) >= 11 is 0. The predicted octanol–water partition coefficient (Wildman–Crippen LogP) is -0.435. The average Bonchev–Trinajstić information content (AvgIpc) is 1.93. The number of hydrazine groups is 1. The van der Waals surface area contributed by atoms with Gasteiger partial charge in [0, 0.05) is 12.0 Å². The molecule has 0 spiro atoms. The molecule has 0 saturated heterocycles. The van der Waals surface area contributed by atoms with Gasteiger partial charge in [-0.3, -0.25) is 9.59 Å². The molecule has 4 heteroatoms. The Labute approximate surface area is 58.3 Å². The van der Waals surface area contributed by atoms with Crippen LogP contribution < -0.4 is 5.84 Å². The fourth-order valence-electron chi connectivity index (χ4n) is 0.729. The first-order chi connectivity index (χ1) is 4.63. The second-order valence-corrected chi connectivity index (χ2v) is 2.16. The minimum atomic E-state index is -0.406. The maximum absolute atomic E-state index is 10.8. The summed E-state index contributed by atoms with van der Waals surface area (Å²) in [5.74, 6) is 4.35. The molecule has 2 N–H and O–H groups in total. The highest BCUT2D eigenvalue weighted by Crippen LogP contribution is 2.07. The first-order valence-electron chi connectivity index (χ1n) is 2.91. The van der Waals surface area contributed by atoms with Crippen LogP contribution in [0.1, 0.15) is 13.3 Å². The Morgan fingerprint density at radius 1 is 1.60 bits per heavy atom. The van der Waals surface area contributed by atoms with Gasteiger partial charge < -0.3 is 0 Å². The zero-order valence-corrected chi connectivity index (χ0v) is 5.63. The maximum Gasteiger partial charge on any atom is 0.270 e. The number of nitrogens with two attached hydrogens (primary N) is 1. The molecule has 0 aromatic rings. The van der Waals surface area contributed by atoms with E-state index in [2.05, 4.69) is 0 Å². The summed E-state index contributed by atoms with van der Waals surface area (Å²) in [7, 11) is 0. The van der Waals surface area contributed by atoms with Crippen molar-refractivity contribution in [2.24, 2.45) is 5.84 Å². The molecule has 0 fully saturated rings. The van der Waals surface area contributed by atoms with Crippen LogP contribution in [0.3, 0.4) is 0 Å². The number of carbonyl (C=O) groups is 2. The molecule has 1 heterocycles. The minimum Gasteiger partial charge on any atom is -0.273 e. The first-order valence-corrected chi connectivity index (χ1v) is 2.91. The monoisotopic (exact) mass is 140 g/mol. The quantitative estimate of drug-likeness (QED) is 0.282. The van der Waals surface area contributed by atoms with Gasteiger partial charge in [0.1, 0.15) is 0 Å². The Kier molecular flexibility index (Phi) is 1.55. The predicted molar refractivity (Wildman–Crippen MR) is 34.4 cm³/mol. The molecule has 1 aliphatic rings. The van der Waals surface area contributed by atoms with Crippen LogP contribution in [-0.2, 0) is 9.59 Å². The summed E-state index contributed by atoms with van der Waals surface area (Å²) in [5, 5.41) is 0.648. The smallest absolute Gasteiger partial charge is 0.270 e. The third-order valence-electron chi connectivity index (χ3n) is 1.41. The molecule has 0 aromatic heterocycles. The van der Waals surface area contributed by atoms with E-state index in [1.165, 1.54) is 0 Å². The summed E-state index contributed by atoms with van der Waals surface area (Å²) in [5.41, 5.74) is 0.530. The molecule has 0 aliphatic carbocycles. The SMILES string of the molecule is CC1=CCC(=O)N(N)C1=O. The molecule has 0 aromatic carbocycles. The van der Waals surface area contributed by atoms with Gasteiger partial charge in [-0.1, -0.05) is 6.08 Å². The molecule has 0 saturated carbocycles. The van der Waals surface area contributed by atoms with E-state index in [-0.39, 0.29) is 12.3 Å². The van der Waals surface area contributed by atoms with Crippen molar-refractivity contribution >= 4 is 11.8 Å². The Morgan fingerprint density at radius 3 is 2.70 bits per heavy atom. The fraction of sp³-hybridized carbons (Fsp3) is 0.333. The van der Waals surface area contributed by atoms with Crippen LogP contribution in [0.2, 0.25) is 0 Å². The van der Waals surface area contributed by atoms with E-state index in [4.69, 9.17) is 5.84 Å². The highest BCUT2D eigenvalue weighted by atomic mass is 16.2. The average molecular weight is 140 g/mol. The molecule has 2 amide bonds. The number of amides is 2. The molecular formula is C6H8N2O2. The van der Waals surface area contributed by atoms with E-state index >= 15 is 0 Å². The Bertz CT molecular complexity index is 220. The van der Waals surface area contributed by atoms with Gasteiger partial charge in [-0.05, 0) is 6.92 Å². The van der Waals surface area contributed by atoms with Gasteiger partial charge in [-0.15, -0.1) is 0 Å². The molecular weight excluding hydrogens is 132 g/mol. The van der Waals surface area contributed by atoms with Crippen LogP contribution >= 0.6 is 0 Å². The highest BCUT2D eigenvalue weighted by molar-refractivity contribution is 6.06. The third-order valence-corrected chi connectivity index (χ3v) is 1.41. The summed E-state index contributed by atoms with van der Waals surface area (Å²) in [6, 6.07) is 0. The summed E-state index contributed by atoms with van der Waals surface area (Å²) in [4.78, 5) is 21.5. The molecule has 54 valence electrons. The van der Waals surface area contributed by atoms with Crippen LogP contribution in [0, 0.1) is 0 Å². The molecule has 1 rings (SSSR count). The second kappa shape index (κ2) is 2.22. The van der Waals surface area contributed by atoms with Crippen molar-refractivity contribution in [3.8, 4) is 0 Å². The van der Waals surface area contributed by atoms with Crippen molar-refractivity contribution < 1.29 is 9.59 Å². The normalized spacial score (nSPS) is 19.4. The Balaban J connectivity index is 2.91. The molecule has 0 unspecified atom stereocenters. The number of nitrogens with zero attached hydrogens (tertiary/aromatic N) is 1. The van der Waals surface area contributed by atoms with E-state index in [0.29, 0.717) is 10.6 Å². The van der Waals surface area contributed by atoms with Gasteiger partial charge in [0.05, 0.1) is 0 Å². The Hall–Kier alpha value is -1.16. The van der Waals surface area contributed by atoms with Gasteiger partial charge in [-0.25, -0.2) is 10.9 Å². The number of hydrogen-bond acceptors (Lipinski definition) is 3. The molecule has 0 bridgehead atoms. The van der Waals surface area contributed by atoms with Crippen molar-refractivity contribution in [1.29, 1.82) is 0 Å². The van der Waals surface area contributed by atoms with E-state index in [0.717, 1.165) is 0 Å². The Morgan fingerprint density at radius 2 is 2.20 bits per heavy atom. The van der Waals surface area contributed by atoms with Gasteiger partial charge in [0.25, 0.3) is 5.91 Å². The van der Waals surface area contributed by atoms with Crippen LogP contribution in [0.5, 0.6) is 0 Å². The zero-order chi connectivity index (χ0) is 7.72. The van der Waals surface area contributed by atoms with Crippen molar-refractivity contribution in [3.05, 3.63) is 11.6 Å². The second-order valence-electron chi connectivity index (χ2n) is 2.16. The lowest BCUT2D eigenvalue weighted by Gasteiger charge is -2.17. The number of carbonyl (C=O) groups excluding carboxylic acids is 2.